The molecule has 4 unspecified atom stereocenters. The van der Waals surface area contributed by atoms with Crippen molar-refractivity contribution >= 4 is 58.2 Å². The van der Waals surface area contributed by atoms with Gasteiger partial charge in [0.25, 0.3) is 5.91 Å². The van der Waals surface area contributed by atoms with Crippen LogP contribution in [0.3, 0.4) is 0 Å². The summed E-state index contributed by atoms with van der Waals surface area (Å²) in [5.74, 6) is -0.303. The first kappa shape index (κ1) is 27.4. The van der Waals surface area contributed by atoms with Crippen LogP contribution >= 0.6 is 34.8 Å². The fraction of sp³-hybridized carbons (Fsp3) is 0.200. The summed E-state index contributed by atoms with van der Waals surface area (Å²) in [4.78, 5) is 17.6. The maximum absolute atomic E-state index is 15.1. The molecule has 0 saturated carbocycles. The van der Waals surface area contributed by atoms with Gasteiger partial charge in [0.15, 0.2) is 0 Å². The van der Waals surface area contributed by atoms with E-state index < -0.39 is 5.41 Å². The largest absolute Gasteiger partial charge is 0.287 e. The molecule has 2 fully saturated rings. The normalized spacial score (nSPS) is 26.3. The number of hydrogen-bond donors (Lipinski definition) is 0. The lowest BCUT2D eigenvalue weighted by Gasteiger charge is -2.36. The molecule has 3 heterocycles. The third kappa shape index (κ3) is 4.32. The second-order valence-electron chi connectivity index (χ2n) is 11.2. The first-order valence-corrected chi connectivity index (χ1v) is 15.2. The highest BCUT2D eigenvalue weighted by atomic mass is 35.5. The van der Waals surface area contributed by atoms with Crippen LogP contribution in [0, 0.1) is 5.41 Å². The Labute approximate surface area is 260 Å². The second kappa shape index (κ2) is 10.7. The average molecular weight is 613 g/mol. The summed E-state index contributed by atoms with van der Waals surface area (Å²) in [5.41, 5.74) is 4.83. The molecule has 7 rings (SSSR count). The molecule has 0 bridgehead atoms. The van der Waals surface area contributed by atoms with Gasteiger partial charge in [0.1, 0.15) is 5.41 Å². The van der Waals surface area contributed by atoms with Gasteiger partial charge in [-0.25, -0.2) is 0 Å². The molecule has 4 aromatic rings. The van der Waals surface area contributed by atoms with Crippen LogP contribution < -0.4 is 5.01 Å². The zero-order valence-electron chi connectivity index (χ0n) is 22.9. The van der Waals surface area contributed by atoms with Gasteiger partial charge in [-0.05, 0) is 84.1 Å². The summed E-state index contributed by atoms with van der Waals surface area (Å²) < 4.78 is 0. The third-order valence-corrected chi connectivity index (χ3v) is 9.64. The van der Waals surface area contributed by atoms with Crippen LogP contribution in [0.25, 0.3) is 6.08 Å². The van der Waals surface area contributed by atoms with Gasteiger partial charge in [0.2, 0.25) is 0 Å². The van der Waals surface area contributed by atoms with E-state index in [1.165, 1.54) is 5.57 Å². The zero-order valence-corrected chi connectivity index (χ0v) is 25.2. The summed E-state index contributed by atoms with van der Waals surface area (Å²) in [6.07, 6.45) is 3.03. The lowest BCUT2D eigenvalue weighted by Crippen LogP contribution is -2.50. The molecule has 7 heteroatoms. The number of anilines is 1. The van der Waals surface area contributed by atoms with E-state index in [2.05, 4.69) is 29.2 Å². The quantitative estimate of drug-likeness (QED) is 0.231. The van der Waals surface area contributed by atoms with Gasteiger partial charge in [0, 0.05) is 33.6 Å². The number of fused-ring (bicyclic) bond motifs is 2. The Morgan fingerprint density at radius 1 is 0.810 bits per heavy atom. The van der Waals surface area contributed by atoms with E-state index in [4.69, 9.17) is 39.9 Å². The van der Waals surface area contributed by atoms with Crippen LogP contribution in [0.5, 0.6) is 0 Å². The highest BCUT2D eigenvalue weighted by Gasteiger charge is 2.70. The first-order chi connectivity index (χ1) is 20.4. The zero-order chi connectivity index (χ0) is 29.0. The fourth-order valence-electron chi connectivity index (χ4n) is 7.41. The van der Waals surface area contributed by atoms with Crippen molar-refractivity contribution in [2.24, 2.45) is 10.5 Å². The summed E-state index contributed by atoms with van der Waals surface area (Å²) in [5, 5.41) is 8.58. The van der Waals surface area contributed by atoms with E-state index >= 15 is 4.79 Å². The number of amides is 1. The Bertz CT molecular complexity index is 1750. The van der Waals surface area contributed by atoms with Gasteiger partial charge in [-0.2, -0.15) is 10.1 Å². The summed E-state index contributed by atoms with van der Waals surface area (Å²) in [7, 11) is 0. The number of hydrogen-bond acceptors (Lipinski definition) is 3. The molecule has 3 aliphatic rings. The molecule has 4 nitrogen and oxygen atoms in total. The van der Waals surface area contributed by atoms with E-state index in [0.717, 1.165) is 41.1 Å². The second-order valence-corrected chi connectivity index (χ2v) is 12.5. The molecular weight excluding hydrogens is 585 g/mol. The van der Waals surface area contributed by atoms with E-state index in [9.17, 15) is 0 Å². The van der Waals surface area contributed by atoms with E-state index in [0.29, 0.717) is 15.1 Å². The minimum absolute atomic E-state index is 0.0328. The first-order valence-electron chi connectivity index (χ1n) is 14.1. The number of carbonyl (C=O) groups is 1. The average Bonchev–Trinajstić information content (AvgIpc) is 3.60. The molecule has 42 heavy (non-hydrogen) atoms. The molecule has 0 aromatic heterocycles. The smallest absolute Gasteiger partial charge is 0.262 e. The molecule has 3 aliphatic heterocycles. The molecule has 0 N–H and O–H groups in total. The molecule has 2 saturated heterocycles. The Hall–Kier alpha value is -3.41. The van der Waals surface area contributed by atoms with Crippen molar-refractivity contribution in [2.75, 3.05) is 11.6 Å². The lowest BCUT2D eigenvalue weighted by atomic mass is 9.63. The van der Waals surface area contributed by atoms with Crippen LogP contribution in [0.15, 0.2) is 114 Å². The Morgan fingerprint density at radius 2 is 1.45 bits per heavy atom. The molecule has 1 amide bonds. The number of hydrazone groups is 1. The van der Waals surface area contributed by atoms with Crippen LogP contribution in [-0.2, 0) is 4.79 Å². The molecule has 0 aliphatic carbocycles. The van der Waals surface area contributed by atoms with Crippen LogP contribution in [0.4, 0.5) is 5.69 Å². The molecule has 0 radical (unpaired) electrons. The summed E-state index contributed by atoms with van der Waals surface area (Å²) in [6, 6.07) is 33.1. The van der Waals surface area contributed by atoms with Crippen LogP contribution in [0.1, 0.15) is 42.0 Å². The highest BCUT2D eigenvalue weighted by Crippen LogP contribution is 2.64. The van der Waals surface area contributed by atoms with E-state index in [-0.39, 0.29) is 23.9 Å². The van der Waals surface area contributed by atoms with Crippen LogP contribution in [-0.4, -0.2) is 29.1 Å². The van der Waals surface area contributed by atoms with Crippen molar-refractivity contribution in [2.45, 2.75) is 31.3 Å². The predicted octanol–water partition coefficient (Wildman–Crippen LogP) is 9.05. The molecule has 4 atom stereocenters. The highest BCUT2D eigenvalue weighted by molar-refractivity contribution is 6.31. The number of halogens is 3. The Balaban J connectivity index is 1.50. The van der Waals surface area contributed by atoms with Crippen molar-refractivity contribution in [1.29, 1.82) is 0 Å². The minimum atomic E-state index is -0.978. The number of nitrogens with zero attached hydrogens (tertiary/aromatic N) is 3. The van der Waals surface area contributed by atoms with Gasteiger partial charge >= 0.3 is 0 Å². The van der Waals surface area contributed by atoms with Crippen molar-refractivity contribution in [3.05, 3.63) is 140 Å². The van der Waals surface area contributed by atoms with Crippen LogP contribution in [0.2, 0.25) is 15.1 Å². The number of carbonyl (C=O) groups excluding carboxylic acids is 1. The van der Waals surface area contributed by atoms with Crippen molar-refractivity contribution in [3.8, 4) is 0 Å². The van der Waals surface area contributed by atoms with Crippen molar-refractivity contribution in [1.82, 2.24) is 4.90 Å². The van der Waals surface area contributed by atoms with Gasteiger partial charge in [-0.3, -0.25) is 9.69 Å². The number of para-hydroxylation sites is 1. The number of rotatable bonds is 4. The topological polar surface area (TPSA) is 35.9 Å². The lowest BCUT2D eigenvalue weighted by molar-refractivity contribution is -0.124. The maximum Gasteiger partial charge on any atom is 0.262 e. The van der Waals surface area contributed by atoms with Gasteiger partial charge in [-0.1, -0.05) is 95.5 Å². The Morgan fingerprint density at radius 3 is 2.14 bits per heavy atom. The maximum atomic E-state index is 15.1. The van der Waals surface area contributed by atoms with E-state index in [1.807, 2.05) is 91.9 Å². The minimum Gasteiger partial charge on any atom is -0.287 e. The monoisotopic (exact) mass is 611 g/mol. The summed E-state index contributed by atoms with van der Waals surface area (Å²) in [6.45, 7) is 2.80. The van der Waals surface area contributed by atoms with Crippen molar-refractivity contribution in [3.63, 3.8) is 0 Å². The van der Waals surface area contributed by atoms with E-state index in [1.54, 1.807) is 5.01 Å². The summed E-state index contributed by atoms with van der Waals surface area (Å²) >= 11 is 19.6. The number of benzene rings is 4. The van der Waals surface area contributed by atoms with Gasteiger partial charge in [0.05, 0.1) is 17.4 Å². The Kier molecular flexibility index (Phi) is 6.99. The standard InChI is InChI=1S/C35H28Cl3N3O/c1-22-35(34(42)41(39-22)30-14-3-2-4-15-30)31(24-9-6-12-28(37)20-24)32(25-10-7-13-29(38)21-25)40-17-16-26(33(35)40)18-23-8-5-11-27(36)19-23/h2-15,18-21,31-33H,16-17H2,1H3/b26-18+. The third-order valence-electron chi connectivity index (χ3n) is 8.93. The molecule has 4 aromatic carbocycles. The molecular formula is C35H28Cl3N3O. The van der Waals surface area contributed by atoms with Crippen molar-refractivity contribution < 1.29 is 4.79 Å². The van der Waals surface area contributed by atoms with Gasteiger partial charge < -0.3 is 0 Å². The predicted molar refractivity (Wildman–Crippen MR) is 172 cm³/mol. The fourth-order valence-corrected chi connectivity index (χ4v) is 8.00. The molecule has 1 spiro atoms. The SMILES string of the molecule is CC1=NN(c2ccccc2)C(=O)C12C(c1cccc(Cl)c1)C(c1cccc(Cl)c1)N1CC/C(=C\c3cccc(Cl)c3)C12. The van der Waals surface area contributed by atoms with Gasteiger partial charge in [-0.15, -0.1) is 0 Å². The molecule has 210 valence electrons.